The van der Waals surface area contributed by atoms with E-state index in [1.165, 1.54) is 9.58 Å². The zero-order valence-electron chi connectivity index (χ0n) is 12.3. The van der Waals surface area contributed by atoms with E-state index in [4.69, 9.17) is 9.84 Å². The Morgan fingerprint density at radius 1 is 1.33 bits per heavy atom. The second-order valence-electron chi connectivity index (χ2n) is 5.86. The number of rotatable bonds is 3. The highest BCUT2D eigenvalue weighted by Crippen LogP contribution is 2.27. The largest absolute Gasteiger partial charge is 0.477 e. The van der Waals surface area contributed by atoms with Crippen LogP contribution in [0.15, 0.2) is 0 Å². The molecule has 0 saturated heterocycles. The second kappa shape index (κ2) is 5.36. The zero-order valence-corrected chi connectivity index (χ0v) is 12.3. The van der Waals surface area contributed by atoms with E-state index in [2.05, 4.69) is 5.10 Å². The van der Waals surface area contributed by atoms with Gasteiger partial charge in [0.15, 0.2) is 5.69 Å². The molecule has 0 aliphatic carbocycles. The Bertz CT molecular complexity index is 573. The number of aliphatic hydroxyl groups excluding tert-OH is 1. The lowest BCUT2D eigenvalue weighted by Gasteiger charge is -2.24. The second-order valence-corrected chi connectivity index (χ2v) is 5.86. The van der Waals surface area contributed by atoms with Crippen molar-refractivity contribution in [2.24, 2.45) is 0 Å². The van der Waals surface area contributed by atoms with Gasteiger partial charge in [0.25, 0.3) is 0 Å². The van der Waals surface area contributed by atoms with Crippen LogP contribution in [0.3, 0.4) is 0 Å². The van der Waals surface area contributed by atoms with Crippen molar-refractivity contribution in [1.82, 2.24) is 14.7 Å². The number of carboxylic acids is 1. The van der Waals surface area contributed by atoms with Gasteiger partial charge in [0.2, 0.25) is 0 Å². The summed E-state index contributed by atoms with van der Waals surface area (Å²) in [7, 11) is 0. The van der Waals surface area contributed by atoms with Gasteiger partial charge in [-0.3, -0.25) is 9.58 Å². The van der Waals surface area contributed by atoms with Gasteiger partial charge in [0.05, 0.1) is 31.9 Å². The monoisotopic (exact) mass is 297 g/mol. The van der Waals surface area contributed by atoms with Crippen molar-refractivity contribution in [3.8, 4) is 0 Å². The van der Waals surface area contributed by atoms with Crippen molar-refractivity contribution in [2.45, 2.75) is 46.0 Å². The van der Waals surface area contributed by atoms with Gasteiger partial charge in [-0.05, 0) is 20.8 Å². The van der Waals surface area contributed by atoms with E-state index in [9.17, 15) is 14.7 Å². The molecule has 8 heteroatoms. The average molecular weight is 297 g/mol. The van der Waals surface area contributed by atoms with Crippen molar-refractivity contribution in [3.05, 3.63) is 17.0 Å². The highest BCUT2D eigenvalue weighted by atomic mass is 16.6. The first kappa shape index (κ1) is 15.3. The maximum absolute atomic E-state index is 12.0. The van der Waals surface area contributed by atoms with Gasteiger partial charge in [-0.25, -0.2) is 9.59 Å². The number of fused-ring (bicyclic) bond motifs is 1. The SMILES string of the molecule is CC(C)(C)OC(=O)N1Cc2nn(CCO)c(C(=O)O)c2C1. The number of aliphatic hydroxyl groups is 1. The number of carbonyl (C=O) groups is 2. The Labute approximate surface area is 121 Å². The minimum Gasteiger partial charge on any atom is -0.477 e. The maximum Gasteiger partial charge on any atom is 0.410 e. The summed E-state index contributed by atoms with van der Waals surface area (Å²) in [5.74, 6) is -1.12. The van der Waals surface area contributed by atoms with E-state index >= 15 is 0 Å². The van der Waals surface area contributed by atoms with Crippen LogP contribution in [0.5, 0.6) is 0 Å². The highest BCUT2D eigenvalue weighted by molar-refractivity contribution is 5.88. The van der Waals surface area contributed by atoms with Crippen LogP contribution in [-0.4, -0.2) is 49.2 Å². The van der Waals surface area contributed by atoms with Gasteiger partial charge in [0.1, 0.15) is 5.60 Å². The normalized spacial score (nSPS) is 14.2. The molecule has 0 fully saturated rings. The predicted molar refractivity (Wildman–Crippen MR) is 71.8 cm³/mol. The molecule has 0 spiro atoms. The molecular weight excluding hydrogens is 278 g/mol. The van der Waals surface area contributed by atoms with Crippen molar-refractivity contribution in [1.29, 1.82) is 0 Å². The van der Waals surface area contributed by atoms with Crippen LogP contribution in [0.2, 0.25) is 0 Å². The lowest BCUT2D eigenvalue weighted by atomic mass is 10.2. The van der Waals surface area contributed by atoms with Gasteiger partial charge in [-0.15, -0.1) is 0 Å². The number of hydrogen-bond donors (Lipinski definition) is 2. The van der Waals surface area contributed by atoms with E-state index in [1.54, 1.807) is 20.8 Å². The van der Waals surface area contributed by atoms with E-state index < -0.39 is 17.7 Å². The first-order valence-corrected chi connectivity index (χ1v) is 6.63. The molecule has 116 valence electrons. The lowest BCUT2D eigenvalue weighted by Crippen LogP contribution is -2.34. The van der Waals surface area contributed by atoms with Crippen molar-refractivity contribution < 1.29 is 24.5 Å². The number of ether oxygens (including phenoxy) is 1. The lowest BCUT2D eigenvalue weighted by molar-refractivity contribution is 0.0236. The van der Waals surface area contributed by atoms with E-state index in [0.29, 0.717) is 11.3 Å². The third kappa shape index (κ3) is 3.15. The number of hydrogen-bond acceptors (Lipinski definition) is 5. The van der Waals surface area contributed by atoms with Crippen molar-refractivity contribution >= 4 is 12.1 Å². The summed E-state index contributed by atoms with van der Waals surface area (Å²) in [6.07, 6.45) is -0.495. The molecule has 1 aliphatic heterocycles. The first-order chi connectivity index (χ1) is 9.73. The summed E-state index contributed by atoms with van der Waals surface area (Å²) in [6, 6.07) is 0. The molecule has 1 aromatic rings. The van der Waals surface area contributed by atoms with Crippen LogP contribution in [-0.2, 0) is 24.4 Å². The minimum absolute atomic E-state index is 0.0186. The molecule has 1 aliphatic rings. The third-order valence-electron chi connectivity index (χ3n) is 2.99. The Balaban J connectivity index is 2.20. The molecule has 21 heavy (non-hydrogen) atoms. The number of amides is 1. The van der Waals surface area contributed by atoms with Gasteiger partial charge < -0.3 is 14.9 Å². The van der Waals surface area contributed by atoms with Crippen LogP contribution in [0, 0.1) is 0 Å². The number of aromatic nitrogens is 2. The van der Waals surface area contributed by atoms with Gasteiger partial charge in [0, 0.05) is 5.56 Å². The molecule has 0 saturated carbocycles. The molecule has 2 N–H and O–H groups in total. The molecule has 0 aromatic carbocycles. The fourth-order valence-electron chi connectivity index (χ4n) is 2.22. The summed E-state index contributed by atoms with van der Waals surface area (Å²) >= 11 is 0. The van der Waals surface area contributed by atoms with Crippen LogP contribution in [0.25, 0.3) is 0 Å². The topological polar surface area (TPSA) is 105 Å². The van der Waals surface area contributed by atoms with Gasteiger partial charge in [-0.2, -0.15) is 5.10 Å². The molecule has 0 radical (unpaired) electrons. The van der Waals surface area contributed by atoms with Crippen molar-refractivity contribution in [3.63, 3.8) is 0 Å². The Kier molecular flexibility index (Phi) is 3.91. The smallest absolute Gasteiger partial charge is 0.410 e. The maximum atomic E-state index is 12.0. The molecule has 1 amide bonds. The quantitative estimate of drug-likeness (QED) is 0.856. The van der Waals surface area contributed by atoms with Gasteiger partial charge in [-0.1, -0.05) is 0 Å². The summed E-state index contributed by atoms with van der Waals surface area (Å²) in [5.41, 5.74) is 0.447. The van der Waals surface area contributed by atoms with Crippen LogP contribution < -0.4 is 0 Å². The van der Waals surface area contributed by atoms with Crippen LogP contribution in [0.1, 0.15) is 42.5 Å². The van der Waals surface area contributed by atoms with Crippen LogP contribution in [0.4, 0.5) is 4.79 Å². The Hall–Kier alpha value is -2.09. The molecule has 0 bridgehead atoms. The fourth-order valence-corrected chi connectivity index (χ4v) is 2.22. The van der Waals surface area contributed by atoms with E-state index in [-0.39, 0.29) is 31.9 Å². The van der Waals surface area contributed by atoms with Crippen molar-refractivity contribution in [2.75, 3.05) is 6.61 Å². The first-order valence-electron chi connectivity index (χ1n) is 6.63. The van der Waals surface area contributed by atoms with E-state index in [1.807, 2.05) is 0 Å². The molecule has 2 rings (SSSR count). The summed E-state index contributed by atoms with van der Waals surface area (Å²) in [4.78, 5) is 24.8. The van der Waals surface area contributed by atoms with E-state index in [0.717, 1.165) is 0 Å². The zero-order chi connectivity index (χ0) is 15.8. The van der Waals surface area contributed by atoms with Gasteiger partial charge >= 0.3 is 12.1 Å². The number of aromatic carboxylic acids is 1. The average Bonchev–Trinajstić information content (AvgIpc) is 2.83. The van der Waals surface area contributed by atoms with Crippen LogP contribution >= 0.6 is 0 Å². The summed E-state index contributed by atoms with van der Waals surface area (Å²) in [5, 5.41) is 22.4. The third-order valence-corrected chi connectivity index (χ3v) is 2.99. The Morgan fingerprint density at radius 3 is 2.52 bits per heavy atom. The summed E-state index contributed by atoms with van der Waals surface area (Å²) < 4.78 is 6.53. The minimum atomic E-state index is -1.12. The number of carboxylic acid groups (broad SMARTS) is 1. The fraction of sp³-hybridized carbons (Fsp3) is 0.615. The number of carbonyl (C=O) groups excluding carboxylic acids is 1. The Morgan fingerprint density at radius 2 is 2.00 bits per heavy atom. The molecule has 0 unspecified atom stereocenters. The molecule has 1 aromatic heterocycles. The predicted octanol–water partition coefficient (Wildman–Crippen LogP) is 0.824. The number of nitrogens with zero attached hydrogens (tertiary/aromatic N) is 3. The molecule has 2 heterocycles. The molecule has 0 atom stereocenters. The summed E-state index contributed by atoms with van der Waals surface area (Å²) in [6.45, 7) is 5.58. The molecule has 8 nitrogen and oxygen atoms in total. The highest BCUT2D eigenvalue weighted by Gasteiger charge is 2.34. The molecular formula is C13H19N3O5. The standard InChI is InChI=1S/C13H19N3O5/c1-13(2,3)21-12(20)15-6-8-9(7-15)14-16(4-5-17)10(8)11(18)19/h17H,4-7H2,1-3H3,(H,18,19).